The number of benzene rings is 1. The number of aryl methyl sites for hydroxylation is 1. The SMILES string of the molecule is CCOc1ccc2oc(C(=O)OCC(=O)C34CC5CC(CC(C5)C3)C4)c(C)c2c1. The van der Waals surface area contributed by atoms with Crippen molar-refractivity contribution in [1.82, 2.24) is 0 Å². The van der Waals surface area contributed by atoms with Gasteiger partial charge in [-0.15, -0.1) is 0 Å². The predicted molar refractivity (Wildman–Crippen MR) is 108 cm³/mol. The molecule has 5 nitrogen and oxygen atoms in total. The first-order valence-electron chi connectivity index (χ1n) is 10.8. The van der Waals surface area contributed by atoms with Crippen molar-refractivity contribution in [1.29, 1.82) is 0 Å². The third-order valence-electron chi connectivity index (χ3n) is 7.37. The zero-order chi connectivity index (χ0) is 20.2. The van der Waals surface area contributed by atoms with Crippen molar-refractivity contribution in [2.75, 3.05) is 13.2 Å². The Hall–Kier alpha value is -2.30. The van der Waals surface area contributed by atoms with Crippen molar-refractivity contribution < 1.29 is 23.5 Å². The highest BCUT2D eigenvalue weighted by Crippen LogP contribution is 2.60. The number of hydrogen-bond acceptors (Lipinski definition) is 5. The van der Waals surface area contributed by atoms with Gasteiger partial charge >= 0.3 is 5.97 Å². The average Bonchev–Trinajstić information content (AvgIpc) is 3.01. The normalized spacial score (nSPS) is 29.9. The molecule has 0 radical (unpaired) electrons. The van der Waals surface area contributed by atoms with E-state index >= 15 is 0 Å². The molecule has 0 spiro atoms. The molecule has 0 unspecified atom stereocenters. The number of rotatable bonds is 6. The van der Waals surface area contributed by atoms with Crippen LogP contribution >= 0.6 is 0 Å². The van der Waals surface area contributed by atoms with Crippen LogP contribution in [0.25, 0.3) is 11.0 Å². The summed E-state index contributed by atoms with van der Waals surface area (Å²) in [4.78, 5) is 25.8. The number of hydrogen-bond donors (Lipinski definition) is 0. The second-order valence-corrected chi connectivity index (χ2v) is 9.34. The third kappa shape index (κ3) is 3.15. The Morgan fingerprint density at radius 3 is 2.38 bits per heavy atom. The number of carbonyl (C=O) groups excluding carboxylic acids is 2. The van der Waals surface area contributed by atoms with E-state index in [0.29, 0.717) is 35.5 Å². The maximum atomic E-state index is 13.1. The molecule has 0 N–H and O–H groups in total. The minimum atomic E-state index is -0.560. The van der Waals surface area contributed by atoms with Crippen LogP contribution < -0.4 is 4.74 Å². The standard InChI is InChI=1S/C24H28O5/c1-3-27-18-4-5-20-19(9-18)14(2)22(29-20)23(26)28-13-21(25)24-10-15-6-16(11-24)8-17(7-15)12-24/h4-5,9,15-17H,3,6-8,10-13H2,1-2H3. The summed E-state index contributed by atoms with van der Waals surface area (Å²) in [6.45, 7) is 4.19. The van der Waals surface area contributed by atoms with E-state index in [0.717, 1.165) is 30.4 Å². The van der Waals surface area contributed by atoms with Gasteiger partial charge in [0.2, 0.25) is 5.76 Å². The summed E-state index contributed by atoms with van der Waals surface area (Å²) in [6.07, 6.45) is 6.81. The zero-order valence-corrected chi connectivity index (χ0v) is 17.2. The molecule has 5 heteroatoms. The van der Waals surface area contributed by atoms with Crippen molar-refractivity contribution in [2.45, 2.75) is 52.4 Å². The van der Waals surface area contributed by atoms with E-state index < -0.39 is 5.97 Å². The number of Topliss-reactive ketones (excluding diaryl/α,β-unsaturated/α-hetero) is 1. The van der Waals surface area contributed by atoms with Gasteiger partial charge in [-0.1, -0.05) is 0 Å². The maximum Gasteiger partial charge on any atom is 0.374 e. The number of esters is 1. The number of carbonyl (C=O) groups is 2. The highest BCUT2D eigenvalue weighted by Gasteiger charge is 2.54. The van der Waals surface area contributed by atoms with Crippen LogP contribution in [0.4, 0.5) is 0 Å². The molecule has 0 aliphatic heterocycles. The molecule has 29 heavy (non-hydrogen) atoms. The number of ether oxygens (including phenoxy) is 2. The fourth-order valence-corrected chi connectivity index (χ4v) is 6.45. The van der Waals surface area contributed by atoms with Crippen LogP contribution in [0.1, 0.15) is 61.6 Å². The van der Waals surface area contributed by atoms with E-state index in [1.807, 2.05) is 26.0 Å². The van der Waals surface area contributed by atoms with Gasteiger partial charge in [-0.2, -0.15) is 0 Å². The lowest BCUT2D eigenvalue weighted by Gasteiger charge is -2.55. The first-order chi connectivity index (χ1) is 14.0. The molecule has 4 aliphatic rings. The number of furan rings is 1. The number of fused-ring (bicyclic) bond motifs is 1. The first kappa shape index (κ1) is 18.7. The van der Waals surface area contributed by atoms with Gasteiger partial charge in [-0.3, -0.25) is 4.79 Å². The topological polar surface area (TPSA) is 65.7 Å². The Morgan fingerprint density at radius 2 is 1.76 bits per heavy atom. The molecule has 154 valence electrons. The third-order valence-corrected chi connectivity index (χ3v) is 7.37. The molecule has 4 fully saturated rings. The monoisotopic (exact) mass is 396 g/mol. The van der Waals surface area contributed by atoms with Gasteiger partial charge in [-0.25, -0.2) is 4.79 Å². The zero-order valence-electron chi connectivity index (χ0n) is 17.2. The van der Waals surface area contributed by atoms with E-state index in [9.17, 15) is 9.59 Å². The van der Waals surface area contributed by atoms with E-state index in [4.69, 9.17) is 13.9 Å². The fourth-order valence-electron chi connectivity index (χ4n) is 6.45. The van der Waals surface area contributed by atoms with Crippen LogP contribution in [0.2, 0.25) is 0 Å². The molecule has 4 saturated carbocycles. The average molecular weight is 396 g/mol. The minimum absolute atomic E-state index is 0.109. The summed E-state index contributed by atoms with van der Waals surface area (Å²) in [7, 11) is 0. The van der Waals surface area contributed by atoms with Crippen LogP contribution in [0.5, 0.6) is 5.75 Å². The van der Waals surface area contributed by atoms with E-state index in [2.05, 4.69) is 0 Å². The van der Waals surface area contributed by atoms with Gasteiger partial charge in [0.1, 0.15) is 11.3 Å². The molecule has 1 aromatic carbocycles. The van der Waals surface area contributed by atoms with Gasteiger partial charge in [0.25, 0.3) is 0 Å². The highest BCUT2D eigenvalue weighted by atomic mass is 16.5. The van der Waals surface area contributed by atoms with Crippen molar-refractivity contribution in [3.8, 4) is 5.75 Å². The largest absolute Gasteiger partial charge is 0.494 e. The van der Waals surface area contributed by atoms with Crippen LogP contribution in [-0.4, -0.2) is 25.0 Å². The molecule has 1 heterocycles. The van der Waals surface area contributed by atoms with Crippen LogP contribution in [-0.2, 0) is 9.53 Å². The lowest BCUT2D eigenvalue weighted by molar-refractivity contribution is -0.147. The number of ketones is 1. The predicted octanol–water partition coefficient (Wildman–Crippen LogP) is 5.08. The van der Waals surface area contributed by atoms with Crippen LogP contribution in [0, 0.1) is 30.1 Å². The lowest BCUT2D eigenvalue weighted by Crippen LogP contribution is -2.51. The highest BCUT2D eigenvalue weighted by molar-refractivity contribution is 5.97. The minimum Gasteiger partial charge on any atom is -0.494 e. The molecule has 6 rings (SSSR count). The second-order valence-electron chi connectivity index (χ2n) is 9.34. The molecule has 0 atom stereocenters. The first-order valence-corrected chi connectivity index (χ1v) is 10.8. The lowest BCUT2D eigenvalue weighted by atomic mass is 9.48. The van der Waals surface area contributed by atoms with Crippen molar-refractivity contribution in [3.63, 3.8) is 0 Å². The molecule has 2 aromatic rings. The summed E-state index contributed by atoms with van der Waals surface area (Å²) in [5.41, 5.74) is 1.09. The van der Waals surface area contributed by atoms with Crippen LogP contribution in [0.15, 0.2) is 22.6 Å². The van der Waals surface area contributed by atoms with Gasteiger partial charge < -0.3 is 13.9 Å². The summed E-state index contributed by atoms with van der Waals surface area (Å²) in [5.74, 6) is 2.54. The molecular weight excluding hydrogens is 368 g/mol. The summed E-state index contributed by atoms with van der Waals surface area (Å²) in [5, 5.41) is 0.829. The molecule has 4 bridgehead atoms. The molecule has 4 aliphatic carbocycles. The Kier molecular flexibility index (Phi) is 4.45. The van der Waals surface area contributed by atoms with Crippen molar-refractivity contribution in [3.05, 3.63) is 29.5 Å². The van der Waals surface area contributed by atoms with Gasteiger partial charge in [0.15, 0.2) is 12.4 Å². The molecule has 0 amide bonds. The quantitative estimate of drug-likeness (QED) is 0.637. The second kappa shape index (κ2) is 6.89. The summed E-state index contributed by atoms with van der Waals surface area (Å²) >= 11 is 0. The van der Waals surface area contributed by atoms with Crippen LogP contribution in [0.3, 0.4) is 0 Å². The van der Waals surface area contributed by atoms with Gasteiger partial charge in [0, 0.05) is 16.4 Å². The van der Waals surface area contributed by atoms with E-state index in [1.165, 1.54) is 19.3 Å². The Balaban J connectivity index is 1.30. The summed E-state index contributed by atoms with van der Waals surface area (Å²) in [6, 6.07) is 5.49. The van der Waals surface area contributed by atoms with E-state index in [1.54, 1.807) is 6.07 Å². The molecule has 1 aromatic heterocycles. The Morgan fingerprint density at radius 1 is 1.10 bits per heavy atom. The van der Waals surface area contributed by atoms with Gasteiger partial charge in [-0.05, 0) is 88.3 Å². The van der Waals surface area contributed by atoms with Crippen molar-refractivity contribution in [2.24, 2.45) is 23.2 Å². The molecule has 0 saturated heterocycles. The van der Waals surface area contributed by atoms with Crippen molar-refractivity contribution >= 4 is 22.7 Å². The van der Waals surface area contributed by atoms with Gasteiger partial charge in [0.05, 0.1) is 6.61 Å². The molecular formula is C24H28O5. The Labute approximate surface area is 170 Å². The summed E-state index contributed by atoms with van der Waals surface area (Å²) < 4.78 is 16.7. The maximum absolute atomic E-state index is 13.1. The Bertz CT molecular complexity index is 934. The van der Waals surface area contributed by atoms with E-state index in [-0.39, 0.29) is 23.6 Å². The fraction of sp³-hybridized carbons (Fsp3) is 0.583. The smallest absolute Gasteiger partial charge is 0.374 e.